The fraction of sp³-hybridized carbons (Fsp3) is 0.158. The number of methoxy groups -OCH3 is 1. The summed E-state index contributed by atoms with van der Waals surface area (Å²) in [6.07, 6.45) is 1.92. The first kappa shape index (κ1) is 15.4. The van der Waals surface area contributed by atoms with E-state index in [1.807, 2.05) is 42.8 Å². The zero-order valence-electron chi connectivity index (χ0n) is 13.1. The van der Waals surface area contributed by atoms with Gasteiger partial charge in [-0.2, -0.15) is 0 Å². The minimum atomic E-state index is 0.592. The van der Waals surface area contributed by atoms with Crippen LogP contribution in [0.1, 0.15) is 21.8 Å². The molecular formula is C19H17N2OS+. The van der Waals surface area contributed by atoms with Crippen molar-refractivity contribution in [3.8, 4) is 23.1 Å². The Labute approximate surface area is 140 Å². The Balaban J connectivity index is 1.84. The highest BCUT2D eigenvalue weighted by Gasteiger charge is 2.10. The minimum absolute atomic E-state index is 0.592. The first-order valence-corrected chi connectivity index (χ1v) is 8.17. The number of pyridine rings is 1. The number of aryl methyl sites for hydroxylation is 1. The monoisotopic (exact) mass is 321 g/mol. The van der Waals surface area contributed by atoms with Crippen LogP contribution in [0.25, 0.3) is 11.3 Å². The smallest absolute Gasteiger partial charge is 0.211 e. The molecular weight excluding hydrogens is 304 g/mol. The standard InChI is InChI=1S/C19H16N2OS/c1-14-21-17(13-23-14)9-7-15-8-10-19(20-11-15)18-6-4-3-5-16(18)12-22-2/h3-6,8,10-11,13H,12H2,1-2H3/p+1. The number of thiazole rings is 1. The van der Waals surface area contributed by atoms with Crippen molar-refractivity contribution in [2.24, 2.45) is 0 Å². The molecule has 23 heavy (non-hydrogen) atoms. The first-order chi connectivity index (χ1) is 11.3. The summed E-state index contributed by atoms with van der Waals surface area (Å²) < 4.78 is 5.26. The number of H-pyrrole nitrogens is 1. The van der Waals surface area contributed by atoms with Crippen LogP contribution in [0.3, 0.4) is 0 Å². The summed E-state index contributed by atoms with van der Waals surface area (Å²) in [6.45, 7) is 2.57. The third kappa shape index (κ3) is 3.84. The van der Waals surface area contributed by atoms with Crippen LogP contribution in [0.5, 0.6) is 0 Å². The molecule has 114 valence electrons. The van der Waals surface area contributed by atoms with E-state index in [-0.39, 0.29) is 0 Å². The Hall–Kier alpha value is -2.48. The highest BCUT2D eigenvalue weighted by Crippen LogP contribution is 2.20. The number of ether oxygens (including phenoxy) is 1. The number of nitrogens with one attached hydrogen (secondary N) is 1. The zero-order valence-corrected chi connectivity index (χ0v) is 13.9. The average Bonchev–Trinajstić information content (AvgIpc) is 3.00. The molecule has 0 atom stereocenters. The Morgan fingerprint density at radius 2 is 2.04 bits per heavy atom. The van der Waals surface area contributed by atoms with Crippen LogP contribution in [0.15, 0.2) is 48.0 Å². The molecule has 0 aliphatic heterocycles. The number of nitrogens with zero attached hydrogens (tertiary/aromatic N) is 1. The quantitative estimate of drug-likeness (QED) is 0.693. The Morgan fingerprint density at radius 3 is 2.74 bits per heavy atom. The summed E-state index contributed by atoms with van der Waals surface area (Å²) >= 11 is 1.61. The van der Waals surface area contributed by atoms with Crippen molar-refractivity contribution in [3.63, 3.8) is 0 Å². The van der Waals surface area contributed by atoms with E-state index in [2.05, 4.69) is 33.9 Å². The second kappa shape index (κ2) is 7.19. The van der Waals surface area contributed by atoms with Crippen molar-refractivity contribution in [3.05, 3.63) is 69.8 Å². The lowest BCUT2D eigenvalue weighted by atomic mass is 10.0. The van der Waals surface area contributed by atoms with E-state index < -0.39 is 0 Å². The van der Waals surface area contributed by atoms with Crippen LogP contribution in [-0.4, -0.2) is 12.1 Å². The number of aromatic nitrogens is 2. The van der Waals surface area contributed by atoms with Gasteiger partial charge in [0.05, 0.1) is 22.7 Å². The molecule has 0 fully saturated rings. The number of hydrogen-bond acceptors (Lipinski definition) is 3. The fourth-order valence-corrected chi connectivity index (χ4v) is 2.84. The molecule has 0 saturated carbocycles. The SMILES string of the molecule is COCc1ccccc1-c1ccc(C#Cc2csc(C)n2)c[nH+]1. The molecule has 0 unspecified atom stereocenters. The topological polar surface area (TPSA) is 36.3 Å². The van der Waals surface area contributed by atoms with Crippen molar-refractivity contribution < 1.29 is 9.72 Å². The molecule has 0 amide bonds. The number of benzene rings is 1. The Kier molecular flexibility index (Phi) is 4.82. The highest BCUT2D eigenvalue weighted by molar-refractivity contribution is 7.09. The van der Waals surface area contributed by atoms with Gasteiger partial charge in [0, 0.05) is 18.6 Å². The molecule has 0 radical (unpaired) electrons. The second-order valence-electron chi connectivity index (χ2n) is 5.08. The van der Waals surface area contributed by atoms with Crippen molar-refractivity contribution in [1.82, 2.24) is 4.98 Å². The molecule has 4 heteroatoms. The predicted octanol–water partition coefficient (Wildman–Crippen LogP) is 3.48. The Bertz CT molecular complexity index is 857. The number of aromatic amines is 1. The molecule has 0 spiro atoms. The van der Waals surface area contributed by atoms with Gasteiger partial charge in [-0.05, 0) is 30.5 Å². The maximum Gasteiger partial charge on any atom is 0.211 e. The molecule has 3 nitrogen and oxygen atoms in total. The van der Waals surface area contributed by atoms with E-state index in [1.54, 1.807) is 18.4 Å². The molecule has 0 aliphatic carbocycles. The van der Waals surface area contributed by atoms with Gasteiger partial charge in [0.15, 0.2) is 6.20 Å². The van der Waals surface area contributed by atoms with Crippen LogP contribution in [-0.2, 0) is 11.3 Å². The van der Waals surface area contributed by atoms with E-state index in [1.165, 1.54) is 0 Å². The molecule has 2 aromatic heterocycles. The zero-order chi connectivity index (χ0) is 16.1. The van der Waals surface area contributed by atoms with Gasteiger partial charge < -0.3 is 4.74 Å². The van der Waals surface area contributed by atoms with Gasteiger partial charge in [-0.3, -0.25) is 0 Å². The first-order valence-electron chi connectivity index (χ1n) is 7.29. The van der Waals surface area contributed by atoms with Crippen LogP contribution in [0, 0.1) is 18.8 Å². The molecule has 3 aromatic rings. The lowest BCUT2D eigenvalue weighted by Gasteiger charge is -2.04. The average molecular weight is 321 g/mol. The van der Waals surface area contributed by atoms with E-state index >= 15 is 0 Å². The van der Waals surface area contributed by atoms with Crippen molar-refractivity contribution in [2.75, 3.05) is 7.11 Å². The van der Waals surface area contributed by atoms with Gasteiger partial charge in [-0.1, -0.05) is 24.1 Å². The van der Waals surface area contributed by atoms with Gasteiger partial charge >= 0.3 is 0 Å². The van der Waals surface area contributed by atoms with Gasteiger partial charge in [0.1, 0.15) is 5.69 Å². The van der Waals surface area contributed by atoms with E-state index in [0.717, 1.165) is 33.1 Å². The molecule has 3 rings (SSSR count). The predicted molar refractivity (Wildman–Crippen MR) is 92.0 cm³/mol. The van der Waals surface area contributed by atoms with Crippen LogP contribution >= 0.6 is 11.3 Å². The van der Waals surface area contributed by atoms with Gasteiger partial charge in [-0.25, -0.2) is 9.97 Å². The van der Waals surface area contributed by atoms with E-state index in [4.69, 9.17) is 4.74 Å². The number of rotatable bonds is 3. The van der Waals surface area contributed by atoms with Crippen molar-refractivity contribution in [2.45, 2.75) is 13.5 Å². The largest absolute Gasteiger partial charge is 0.380 e. The van der Waals surface area contributed by atoms with Crippen LogP contribution in [0.2, 0.25) is 0 Å². The maximum atomic E-state index is 5.26. The van der Waals surface area contributed by atoms with Crippen LogP contribution in [0.4, 0.5) is 0 Å². The summed E-state index contributed by atoms with van der Waals surface area (Å²) in [7, 11) is 1.71. The summed E-state index contributed by atoms with van der Waals surface area (Å²) in [5, 5.41) is 3.01. The van der Waals surface area contributed by atoms with Crippen LogP contribution < -0.4 is 4.98 Å². The lowest BCUT2D eigenvalue weighted by Crippen LogP contribution is -2.08. The fourth-order valence-electron chi connectivity index (χ4n) is 2.29. The summed E-state index contributed by atoms with van der Waals surface area (Å²) in [5.74, 6) is 6.21. The normalized spacial score (nSPS) is 10.2. The molecule has 0 saturated heterocycles. The third-order valence-electron chi connectivity index (χ3n) is 3.37. The minimum Gasteiger partial charge on any atom is -0.380 e. The van der Waals surface area contributed by atoms with Gasteiger partial charge in [-0.15, -0.1) is 11.3 Å². The summed E-state index contributed by atoms with van der Waals surface area (Å²) in [6, 6.07) is 12.3. The number of hydrogen-bond donors (Lipinski definition) is 0. The Morgan fingerprint density at radius 1 is 1.17 bits per heavy atom. The maximum absolute atomic E-state index is 5.26. The molecule has 0 aliphatic rings. The molecule has 0 bridgehead atoms. The lowest BCUT2D eigenvalue weighted by molar-refractivity contribution is -0.364. The van der Waals surface area contributed by atoms with Gasteiger partial charge in [0.2, 0.25) is 5.69 Å². The highest BCUT2D eigenvalue weighted by atomic mass is 32.1. The van der Waals surface area contributed by atoms with Crippen molar-refractivity contribution >= 4 is 11.3 Å². The van der Waals surface area contributed by atoms with Gasteiger partial charge in [0.25, 0.3) is 0 Å². The molecule has 1 N–H and O–H groups in total. The van der Waals surface area contributed by atoms with E-state index in [0.29, 0.717) is 6.61 Å². The summed E-state index contributed by atoms with van der Waals surface area (Å²) in [5.41, 5.74) is 5.10. The third-order valence-corrected chi connectivity index (χ3v) is 4.15. The van der Waals surface area contributed by atoms with Crippen molar-refractivity contribution in [1.29, 1.82) is 0 Å². The van der Waals surface area contributed by atoms with E-state index in [9.17, 15) is 0 Å². The summed E-state index contributed by atoms with van der Waals surface area (Å²) in [4.78, 5) is 7.66. The molecule has 2 heterocycles. The second-order valence-corrected chi connectivity index (χ2v) is 6.15. The molecule has 1 aromatic carbocycles.